The first kappa shape index (κ1) is 15.0. The van der Waals surface area contributed by atoms with E-state index >= 15 is 0 Å². The van der Waals surface area contributed by atoms with Crippen LogP contribution in [-0.2, 0) is 9.53 Å². The van der Waals surface area contributed by atoms with Crippen LogP contribution in [-0.4, -0.2) is 50.2 Å². The van der Waals surface area contributed by atoms with Crippen molar-refractivity contribution < 1.29 is 9.53 Å². The molecule has 0 aliphatic carbocycles. The number of ether oxygens (including phenoxy) is 1. The van der Waals surface area contributed by atoms with Crippen LogP contribution in [0.2, 0.25) is 0 Å². The molecule has 0 saturated carbocycles. The van der Waals surface area contributed by atoms with Crippen LogP contribution in [0.3, 0.4) is 0 Å². The Balaban J connectivity index is 1.60. The van der Waals surface area contributed by atoms with Gasteiger partial charge in [0.1, 0.15) is 11.6 Å². The second-order valence-corrected chi connectivity index (χ2v) is 6.46. The van der Waals surface area contributed by atoms with E-state index in [4.69, 9.17) is 10.00 Å². The monoisotopic (exact) mass is 349 g/mol. The van der Waals surface area contributed by atoms with Crippen molar-refractivity contribution in [3.05, 3.63) is 30.9 Å². The Kier molecular flexibility index (Phi) is 3.26. The zero-order valence-electron chi connectivity index (χ0n) is 13.8. The topological polar surface area (TPSA) is 102 Å². The number of carbonyl (C=O) groups excluding carboxylic acids is 1. The molecule has 9 nitrogen and oxygen atoms in total. The second-order valence-electron chi connectivity index (χ2n) is 6.46. The van der Waals surface area contributed by atoms with E-state index in [1.807, 2.05) is 16.9 Å². The Hall–Kier alpha value is -3.25. The van der Waals surface area contributed by atoms with Gasteiger partial charge in [0.25, 0.3) is 0 Å². The number of nitrogens with zero attached hydrogens (tertiary/aromatic N) is 7. The van der Waals surface area contributed by atoms with Gasteiger partial charge in [-0.05, 0) is 12.5 Å². The molecule has 0 bridgehead atoms. The molecule has 1 amide bonds. The highest BCUT2D eigenvalue weighted by Gasteiger charge is 2.35. The van der Waals surface area contributed by atoms with Crippen LogP contribution >= 0.6 is 0 Å². The first-order chi connectivity index (χ1) is 12.8. The molecule has 0 spiro atoms. The number of rotatable bonds is 3. The van der Waals surface area contributed by atoms with Crippen molar-refractivity contribution in [3.8, 4) is 11.8 Å². The number of pyridine rings is 1. The van der Waals surface area contributed by atoms with Gasteiger partial charge in [0.05, 0.1) is 49.4 Å². The fraction of sp³-hybridized carbons (Fsp3) is 0.353. The number of carbonyl (C=O) groups is 1. The van der Waals surface area contributed by atoms with Crippen molar-refractivity contribution in [2.45, 2.75) is 12.5 Å². The molecule has 130 valence electrons. The third-order valence-electron chi connectivity index (χ3n) is 4.91. The summed E-state index contributed by atoms with van der Waals surface area (Å²) in [5.74, 6) is -0.235. The molecule has 2 aliphatic rings. The molecule has 1 atom stereocenters. The highest BCUT2D eigenvalue weighted by Crippen LogP contribution is 2.32. The SMILES string of the molecule is N#CC1CCN(c2nn(-c3cnn(C4COC4)c3)c3cnccc23)C1=O. The number of aromatic nitrogens is 5. The van der Waals surface area contributed by atoms with E-state index in [-0.39, 0.29) is 11.9 Å². The molecular formula is C17H15N7O2. The van der Waals surface area contributed by atoms with E-state index in [2.05, 4.69) is 21.3 Å². The molecule has 0 radical (unpaired) electrons. The maximum Gasteiger partial charge on any atom is 0.245 e. The molecule has 3 aromatic rings. The van der Waals surface area contributed by atoms with E-state index in [9.17, 15) is 4.79 Å². The molecule has 26 heavy (non-hydrogen) atoms. The first-order valence-corrected chi connectivity index (χ1v) is 8.42. The van der Waals surface area contributed by atoms with Gasteiger partial charge in [-0.1, -0.05) is 0 Å². The van der Waals surface area contributed by atoms with E-state index in [0.717, 1.165) is 16.6 Å². The fourth-order valence-electron chi connectivity index (χ4n) is 3.37. The van der Waals surface area contributed by atoms with Gasteiger partial charge in [0.15, 0.2) is 5.82 Å². The summed E-state index contributed by atoms with van der Waals surface area (Å²) in [6.45, 7) is 1.81. The van der Waals surface area contributed by atoms with Crippen molar-refractivity contribution in [1.29, 1.82) is 5.26 Å². The van der Waals surface area contributed by atoms with Crippen LogP contribution in [0.4, 0.5) is 5.82 Å². The number of anilines is 1. The van der Waals surface area contributed by atoms with Gasteiger partial charge in [-0.15, -0.1) is 5.10 Å². The molecule has 5 heterocycles. The minimum absolute atomic E-state index is 0.196. The largest absolute Gasteiger partial charge is 0.377 e. The van der Waals surface area contributed by atoms with Crippen LogP contribution < -0.4 is 4.90 Å². The molecule has 2 fully saturated rings. The van der Waals surface area contributed by atoms with Crippen molar-refractivity contribution in [2.24, 2.45) is 5.92 Å². The average Bonchev–Trinajstić information content (AvgIpc) is 3.30. The van der Waals surface area contributed by atoms with E-state index in [1.165, 1.54) is 0 Å². The van der Waals surface area contributed by atoms with Gasteiger partial charge in [0, 0.05) is 18.1 Å². The van der Waals surface area contributed by atoms with Crippen molar-refractivity contribution in [1.82, 2.24) is 24.5 Å². The van der Waals surface area contributed by atoms with Crippen LogP contribution in [0.1, 0.15) is 12.5 Å². The van der Waals surface area contributed by atoms with Crippen LogP contribution in [0.5, 0.6) is 0 Å². The zero-order chi connectivity index (χ0) is 17.7. The Morgan fingerprint density at radius 3 is 2.92 bits per heavy atom. The number of fused-ring (bicyclic) bond motifs is 1. The highest BCUT2D eigenvalue weighted by molar-refractivity contribution is 6.04. The van der Waals surface area contributed by atoms with Gasteiger partial charge >= 0.3 is 0 Å². The smallest absolute Gasteiger partial charge is 0.245 e. The van der Waals surface area contributed by atoms with E-state index in [1.54, 1.807) is 28.2 Å². The lowest BCUT2D eigenvalue weighted by Gasteiger charge is -2.25. The Bertz CT molecular complexity index is 1040. The predicted molar refractivity (Wildman–Crippen MR) is 90.6 cm³/mol. The van der Waals surface area contributed by atoms with Crippen LogP contribution in [0.15, 0.2) is 30.9 Å². The molecule has 1 unspecified atom stereocenters. The first-order valence-electron chi connectivity index (χ1n) is 8.42. The molecule has 0 aromatic carbocycles. The predicted octanol–water partition coefficient (Wildman–Crippen LogP) is 1.06. The summed E-state index contributed by atoms with van der Waals surface area (Å²) in [6.07, 6.45) is 7.58. The van der Waals surface area contributed by atoms with Gasteiger partial charge in [0.2, 0.25) is 5.91 Å². The third-order valence-corrected chi connectivity index (χ3v) is 4.91. The van der Waals surface area contributed by atoms with E-state index in [0.29, 0.717) is 32.0 Å². The quantitative estimate of drug-likeness (QED) is 0.701. The molecular weight excluding hydrogens is 334 g/mol. The lowest BCUT2D eigenvalue weighted by molar-refractivity contribution is -0.119. The number of nitriles is 1. The summed E-state index contributed by atoms with van der Waals surface area (Å²) in [5, 5.41) is 19.0. The highest BCUT2D eigenvalue weighted by atomic mass is 16.5. The van der Waals surface area contributed by atoms with Crippen LogP contribution in [0, 0.1) is 17.2 Å². The Morgan fingerprint density at radius 2 is 2.19 bits per heavy atom. The Labute approximate surface area is 148 Å². The molecule has 3 aromatic heterocycles. The average molecular weight is 349 g/mol. The summed E-state index contributed by atoms with van der Waals surface area (Å²) in [6, 6.07) is 4.15. The van der Waals surface area contributed by atoms with Gasteiger partial charge < -0.3 is 4.74 Å². The summed E-state index contributed by atoms with van der Waals surface area (Å²) < 4.78 is 8.83. The van der Waals surface area contributed by atoms with Crippen molar-refractivity contribution in [2.75, 3.05) is 24.7 Å². The standard InChI is InChI=1S/C17H15N7O2/c18-5-11-2-4-22(17(11)25)16-14-1-3-19-7-15(14)24(21-16)12-6-20-23(8-12)13-9-26-10-13/h1,3,6-8,11,13H,2,4,9-10H2. The summed E-state index contributed by atoms with van der Waals surface area (Å²) in [7, 11) is 0. The lowest BCUT2D eigenvalue weighted by Crippen LogP contribution is -2.30. The summed E-state index contributed by atoms with van der Waals surface area (Å²) in [5.41, 5.74) is 1.59. The van der Waals surface area contributed by atoms with Crippen molar-refractivity contribution >= 4 is 22.6 Å². The van der Waals surface area contributed by atoms with Gasteiger partial charge in [-0.3, -0.25) is 19.4 Å². The maximum absolute atomic E-state index is 12.5. The van der Waals surface area contributed by atoms with E-state index < -0.39 is 5.92 Å². The summed E-state index contributed by atoms with van der Waals surface area (Å²) >= 11 is 0. The normalized spacial score (nSPS) is 20.5. The van der Waals surface area contributed by atoms with Gasteiger partial charge in [-0.25, -0.2) is 4.68 Å². The third kappa shape index (κ3) is 2.12. The van der Waals surface area contributed by atoms with Gasteiger partial charge in [-0.2, -0.15) is 10.4 Å². The number of hydrogen-bond donors (Lipinski definition) is 0. The second kappa shape index (κ2) is 5.64. The lowest BCUT2D eigenvalue weighted by atomic mass is 10.1. The molecule has 5 rings (SSSR count). The maximum atomic E-state index is 12.5. The fourth-order valence-corrected chi connectivity index (χ4v) is 3.37. The molecule has 0 N–H and O–H groups in total. The molecule has 2 saturated heterocycles. The zero-order valence-corrected chi connectivity index (χ0v) is 13.8. The van der Waals surface area contributed by atoms with Crippen LogP contribution in [0.25, 0.3) is 16.6 Å². The number of hydrogen-bond acceptors (Lipinski definition) is 6. The molecule has 9 heteroatoms. The Morgan fingerprint density at radius 1 is 1.31 bits per heavy atom. The summed E-state index contributed by atoms with van der Waals surface area (Å²) in [4.78, 5) is 18.3. The van der Waals surface area contributed by atoms with Crippen molar-refractivity contribution in [3.63, 3.8) is 0 Å². The number of amides is 1. The minimum atomic E-state index is -0.599. The molecule has 2 aliphatic heterocycles. The minimum Gasteiger partial charge on any atom is -0.377 e.